The maximum Gasteiger partial charge on any atom is 0.234 e. The molecule has 1 fully saturated rings. The van der Waals surface area contributed by atoms with Crippen LogP contribution in [0, 0.1) is 0 Å². The molecule has 0 aliphatic heterocycles. The molecule has 0 unspecified atom stereocenters. The number of amides is 1. The highest BCUT2D eigenvalue weighted by Gasteiger charge is 2.41. The predicted octanol–water partition coefficient (Wildman–Crippen LogP) is 0.0156. The zero-order chi connectivity index (χ0) is 10.8. The Morgan fingerprint density at radius 3 is 2.36 bits per heavy atom. The lowest BCUT2D eigenvalue weighted by atomic mass is 10.1. The van der Waals surface area contributed by atoms with Gasteiger partial charge in [-0.15, -0.1) is 0 Å². The molecule has 0 aromatic rings. The van der Waals surface area contributed by atoms with E-state index in [4.69, 9.17) is 5.11 Å². The van der Waals surface area contributed by atoms with Gasteiger partial charge in [0.15, 0.2) is 0 Å². The molecule has 0 aromatic heterocycles. The van der Waals surface area contributed by atoms with Gasteiger partial charge >= 0.3 is 0 Å². The number of hydrogen-bond donors (Lipinski definition) is 3. The van der Waals surface area contributed by atoms with Gasteiger partial charge in [-0.1, -0.05) is 0 Å². The van der Waals surface area contributed by atoms with Crippen molar-refractivity contribution in [3.8, 4) is 0 Å². The van der Waals surface area contributed by atoms with Gasteiger partial charge in [0.25, 0.3) is 0 Å². The van der Waals surface area contributed by atoms with Crippen molar-refractivity contribution in [3.63, 3.8) is 0 Å². The lowest BCUT2D eigenvalue weighted by Crippen LogP contribution is -2.48. The molecule has 0 heterocycles. The van der Waals surface area contributed by atoms with Crippen LogP contribution in [-0.4, -0.2) is 35.2 Å². The summed E-state index contributed by atoms with van der Waals surface area (Å²) in [5.41, 5.74) is -0.343. The summed E-state index contributed by atoms with van der Waals surface area (Å²) in [4.78, 5) is 11.4. The van der Waals surface area contributed by atoms with E-state index in [0.29, 0.717) is 0 Å². The number of aliphatic hydroxyl groups is 1. The van der Waals surface area contributed by atoms with Gasteiger partial charge in [0.05, 0.1) is 13.2 Å². The smallest absolute Gasteiger partial charge is 0.234 e. The maximum absolute atomic E-state index is 11.4. The Balaban J connectivity index is 2.22. The largest absolute Gasteiger partial charge is 0.394 e. The average Bonchev–Trinajstić information content (AvgIpc) is 2.78. The van der Waals surface area contributed by atoms with Crippen LogP contribution in [0.2, 0.25) is 0 Å². The summed E-state index contributed by atoms with van der Waals surface area (Å²) < 4.78 is 0. The average molecular weight is 200 g/mol. The molecule has 4 nitrogen and oxygen atoms in total. The first-order chi connectivity index (χ1) is 6.37. The summed E-state index contributed by atoms with van der Waals surface area (Å²) in [6.45, 7) is 6.26. The summed E-state index contributed by atoms with van der Waals surface area (Å²) in [7, 11) is 0. The van der Waals surface area contributed by atoms with E-state index in [2.05, 4.69) is 10.6 Å². The van der Waals surface area contributed by atoms with Crippen molar-refractivity contribution < 1.29 is 9.90 Å². The molecule has 1 aliphatic carbocycles. The standard InChI is InChI=1S/C10H20N2O2/c1-9(2,3)12-8(14)6-11-10(7-13)4-5-10/h11,13H,4-7H2,1-3H3,(H,12,14). The van der Waals surface area contributed by atoms with E-state index >= 15 is 0 Å². The Hall–Kier alpha value is -0.610. The lowest BCUT2D eigenvalue weighted by Gasteiger charge is -2.22. The quantitative estimate of drug-likeness (QED) is 0.599. The molecule has 0 saturated heterocycles. The number of carbonyl (C=O) groups is 1. The van der Waals surface area contributed by atoms with Crippen molar-refractivity contribution in [1.82, 2.24) is 10.6 Å². The van der Waals surface area contributed by atoms with E-state index in [1.807, 2.05) is 20.8 Å². The third-order valence-corrected chi connectivity index (χ3v) is 2.29. The zero-order valence-electron chi connectivity index (χ0n) is 9.18. The van der Waals surface area contributed by atoms with Crippen LogP contribution in [0.3, 0.4) is 0 Å². The zero-order valence-corrected chi connectivity index (χ0v) is 9.18. The van der Waals surface area contributed by atoms with Crippen LogP contribution in [0.1, 0.15) is 33.6 Å². The lowest BCUT2D eigenvalue weighted by molar-refractivity contribution is -0.121. The number of carbonyl (C=O) groups excluding carboxylic acids is 1. The van der Waals surface area contributed by atoms with E-state index in [1.54, 1.807) is 0 Å². The Morgan fingerprint density at radius 1 is 1.43 bits per heavy atom. The molecule has 3 N–H and O–H groups in total. The summed E-state index contributed by atoms with van der Waals surface area (Å²) >= 11 is 0. The van der Waals surface area contributed by atoms with Gasteiger partial charge in [-0.25, -0.2) is 0 Å². The van der Waals surface area contributed by atoms with Gasteiger partial charge in [0, 0.05) is 11.1 Å². The van der Waals surface area contributed by atoms with Gasteiger partial charge in [0.1, 0.15) is 0 Å². The normalized spacial score (nSPS) is 19.1. The van der Waals surface area contributed by atoms with E-state index in [1.165, 1.54) is 0 Å². The fourth-order valence-electron chi connectivity index (χ4n) is 1.27. The Bertz CT molecular complexity index is 217. The molecule has 4 heteroatoms. The van der Waals surface area contributed by atoms with Gasteiger partial charge in [0.2, 0.25) is 5.91 Å². The van der Waals surface area contributed by atoms with Crippen LogP contribution >= 0.6 is 0 Å². The summed E-state index contributed by atoms with van der Waals surface area (Å²) in [6, 6.07) is 0. The second kappa shape index (κ2) is 3.87. The third-order valence-electron chi connectivity index (χ3n) is 2.29. The van der Waals surface area contributed by atoms with E-state index in [9.17, 15) is 4.79 Å². The Labute approximate surface area is 85.1 Å². The highest BCUT2D eigenvalue weighted by Crippen LogP contribution is 2.34. The van der Waals surface area contributed by atoms with Crippen molar-refractivity contribution in [3.05, 3.63) is 0 Å². The first kappa shape index (κ1) is 11.5. The van der Waals surface area contributed by atoms with Crippen molar-refractivity contribution in [2.75, 3.05) is 13.2 Å². The molecule has 0 radical (unpaired) electrons. The van der Waals surface area contributed by atoms with Gasteiger partial charge in [-0.2, -0.15) is 0 Å². The molecule has 1 aliphatic rings. The molecule has 0 atom stereocenters. The molecular formula is C10H20N2O2. The van der Waals surface area contributed by atoms with Crippen LogP contribution in [0.5, 0.6) is 0 Å². The van der Waals surface area contributed by atoms with Crippen molar-refractivity contribution in [1.29, 1.82) is 0 Å². The van der Waals surface area contributed by atoms with Crippen LogP contribution in [0.25, 0.3) is 0 Å². The van der Waals surface area contributed by atoms with Crippen LogP contribution in [0.4, 0.5) is 0 Å². The van der Waals surface area contributed by atoms with E-state index in [0.717, 1.165) is 12.8 Å². The molecule has 1 rings (SSSR count). The SMILES string of the molecule is CC(C)(C)NC(=O)CNC1(CO)CC1. The monoisotopic (exact) mass is 200 g/mol. The van der Waals surface area contributed by atoms with Crippen molar-refractivity contribution in [2.45, 2.75) is 44.7 Å². The second-order valence-electron chi connectivity index (χ2n) is 5.09. The summed E-state index contributed by atoms with van der Waals surface area (Å²) in [5.74, 6) is -0.0165. The number of nitrogens with one attached hydrogen (secondary N) is 2. The van der Waals surface area contributed by atoms with Gasteiger partial charge in [-0.05, 0) is 33.6 Å². The van der Waals surface area contributed by atoms with E-state index in [-0.39, 0.29) is 30.1 Å². The molecule has 0 bridgehead atoms. The minimum Gasteiger partial charge on any atom is -0.394 e. The third kappa shape index (κ3) is 3.64. The van der Waals surface area contributed by atoms with Gasteiger partial charge < -0.3 is 15.7 Å². The maximum atomic E-state index is 11.4. The molecule has 1 amide bonds. The predicted molar refractivity (Wildman–Crippen MR) is 54.9 cm³/mol. The molecule has 14 heavy (non-hydrogen) atoms. The van der Waals surface area contributed by atoms with Gasteiger partial charge in [-0.3, -0.25) is 4.79 Å². The fraction of sp³-hybridized carbons (Fsp3) is 0.900. The topological polar surface area (TPSA) is 61.4 Å². The fourth-order valence-corrected chi connectivity index (χ4v) is 1.27. The summed E-state index contributed by atoms with van der Waals surface area (Å²) in [5, 5.41) is 14.9. The highest BCUT2D eigenvalue weighted by atomic mass is 16.3. The minimum absolute atomic E-state index is 0.0165. The number of hydrogen-bond acceptors (Lipinski definition) is 3. The first-order valence-electron chi connectivity index (χ1n) is 5.04. The van der Waals surface area contributed by atoms with Crippen LogP contribution in [0.15, 0.2) is 0 Å². The molecule has 1 saturated carbocycles. The Morgan fingerprint density at radius 2 is 2.00 bits per heavy atom. The molecule has 82 valence electrons. The number of aliphatic hydroxyl groups excluding tert-OH is 1. The van der Waals surface area contributed by atoms with E-state index < -0.39 is 0 Å². The molecule has 0 spiro atoms. The second-order valence-corrected chi connectivity index (χ2v) is 5.09. The number of rotatable bonds is 4. The van der Waals surface area contributed by atoms with Crippen molar-refractivity contribution >= 4 is 5.91 Å². The molecular weight excluding hydrogens is 180 g/mol. The first-order valence-corrected chi connectivity index (χ1v) is 5.04. The summed E-state index contributed by atoms with van der Waals surface area (Å²) in [6.07, 6.45) is 1.93. The molecule has 0 aromatic carbocycles. The minimum atomic E-state index is -0.186. The van der Waals surface area contributed by atoms with Crippen molar-refractivity contribution in [2.24, 2.45) is 0 Å². The highest BCUT2D eigenvalue weighted by molar-refractivity contribution is 5.78. The van der Waals surface area contributed by atoms with Crippen LogP contribution < -0.4 is 10.6 Å². The van der Waals surface area contributed by atoms with Crippen LogP contribution in [-0.2, 0) is 4.79 Å². The Kier molecular flexibility index (Phi) is 3.17.